The summed E-state index contributed by atoms with van der Waals surface area (Å²) >= 11 is 0. The fourth-order valence-corrected chi connectivity index (χ4v) is 3.15. The van der Waals surface area contributed by atoms with E-state index in [-0.39, 0.29) is 37.4 Å². The van der Waals surface area contributed by atoms with Gasteiger partial charge in [0.05, 0.1) is 12.1 Å². The normalized spacial score (nSPS) is 19.6. The van der Waals surface area contributed by atoms with E-state index in [0.717, 1.165) is 64.2 Å². The van der Waals surface area contributed by atoms with Crippen molar-refractivity contribution in [3.63, 3.8) is 0 Å². The number of aliphatic hydroxyl groups excluding tert-OH is 2. The molecule has 26 heavy (non-hydrogen) atoms. The van der Waals surface area contributed by atoms with Crippen LogP contribution in [0.4, 0.5) is 9.59 Å². The van der Waals surface area contributed by atoms with E-state index in [1.807, 2.05) is 0 Å². The highest BCUT2D eigenvalue weighted by Gasteiger charge is 2.27. The lowest BCUT2D eigenvalue weighted by Crippen LogP contribution is -2.56. The number of carbonyl (C=O) groups excluding carboxylic acids is 2. The minimum atomic E-state index is -0.197. The molecule has 2 atom stereocenters. The molecule has 1 saturated carbocycles. The summed E-state index contributed by atoms with van der Waals surface area (Å²) in [6, 6.07) is -0.503. The minimum absolute atomic E-state index is 0.0543. The van der Waals surface area contributed by atoms with Crippen LogP contribution >= 0.6 is 0 Å². The fourth-order valence-electron chi connectivity index (χ4n) is 3.15. The van der Waals surface area contributed by atoms with Gasteiger partial charge in [0, 0.05) is 26.3 Å². The number of unbranched alkanes of at least 4 members (excludes halogenated alkanes) is 4. The van der Waals surface area contributed by atoms with Gasteiger partial charge in [0.1, 0.15) is 0 Å². The minimum Gasteiger partial charge on any atom is -0.396 e. The zero-order chi connectivity index (χ0) is 19.0. The van der Waals surface area contributed by atoms with E-state index in [0.29, 0.717) is 13.1 Å². The topological polar surface area (TPSA) is 123 Å². The summed E-state index contributed by atoms with van der Waals surface area (Å²) in [5.74, 6) is 0. The highest BCUT2D eigenvalue weighted by molar-refractivity contribution is 5.75. The van der Waals surface area contributed by atoms with Gasteiger partial charge in [-0.2, -0.15) is 0 Å². The largest absolute Gasteiger partial charge is 0.396 e. The van der Waals surface area contributed by atoms with Gasteiger partial charge in [0.15, 0.2) is 0 Å². The van der Waals surface area contributed by atoms with Crippen LogP contribution in [0.3, 0.4) is 0 Å². The Morgan fingerprint density at radius 3 is 1.50 bits per heavy atom. The van der Waals surface area contributed by atoms with Crippen LogP contribution in [0.5, 0.6) is 0 Å². The first-order valence-electron chi connectivity index (χ1n) is 9.97. The van der Waals surface area contributed by atoms with Crippen LogP contribution in [-0.4, -0.2) is 60.7 Å². The number of hydrogen-bond acceptors (Lipinski definition) is 4. The molecule has 8 heteroatoms. The van der Waals surface area contributed by atoms with Crippen molar-refractivity contribution < 1.29 is 19.8 Å². The van der Waals surface area contributed by atoms with Crippen molar-refractivity contribution in [1.29, 1.82) is 0 Å². The molecule has 0 radical (unpaired) electrons. The van der Waals surface area contributed by atoms with Crippen molar-refractivity contribution in [2.45, 2.75) is 76.3 Å². The van der Waals surface area contributed by atoms with Crippen LogP contribution in [0.1, 0.15) is 64.2 Å². The van der Waals surface area contributed by atoms with Gasteiger partial charge >= 0.3 is 12.1 Å². The molecule has 1 aliphatic rings. The van der Waals surface area contributed by atoms with Gasteiger partial charge in [0.25, 0.3) is 0 Å². The third-order valence-corrected chi connectivity index (χ3v) is 4.64. The van der Waals surface area contributed by atoms with Gasteiger partial charge in [-0.3, -0.25) is 0 Å². The van der Waals surface area contributed by atoms with Crippen molar-refractivity contribution in [3.8, 4) is 0 Å². The quantitative estimate of drug-likeness (QED) is 0.288. The molecular formula is C18H36N4O4. The van der Waals surface area contributed by atoms with E-state index in [1.54, 1.807) is 0 Å². The molecule has 0 spiro atoms. The average Bonchev–Trinajstić information content (AvgIpc) is 2.63. The van der Waals surface area contributed by atoms with Crippen LogP contribution in [0.2, 0.25) is 0 Å². The summed E-state index contributed by atoms with van der Waals surface area (Å²) in [7, 11) is 0. The number of carbonyl (C=O) groups is 2. The van der Waals surface area contributed by atoms with E-state index in [1.165, 1.54) is 0 Å². The Morgan fingerprint density at radius 2 is 1.12 bits per heavy atom. The van der Waals surface area contributed by atoms with Gasteiger partial charge in [0.2, 0.25) is 0 Å². The molecular weight excluding hydrogens is 336 g/mol. The third-order valence-electron chi connectivity index (χ3n) is 4.64. The van der Waals surface area contributed by atoms with E-state index in [9.17, 15) is 9.59 Å². The molecule has 0 aromatic rings. The number of amides is 4. The first kappa shape index (κ1) is 22.5. The molecule has 6 N–H and O–H groups in total. The molecule has 0 aliphatic heterocycles. The Hall–Kier alpha value is -1.54. The number of rotatable bonds is 12. The summed E-state index contributed by atoms with van der Waals surface area (Å²) in [5, 5.41) is 29.1. The second-order valence-electron chi connectivity index (χ2n) is 6.87. The fraction of sp³-hybridized carbons (Fsp3) is 0.889. The molecule has 0 heterocycles. The lowest BCUT2D eigenvalue weighted by atomic mass is 9.90. The van der Waals surface area contributed by atoms with Crippen molar-refractivity contribution in [2.75, 3.05) is 26.3 Å². The first-order chi connectivity index (χ1) is 12.7. The highest BCUT2D eigenvalue weighted by atomic mass is 16.3. The number of aliphatic hydroxyl groups is 2. The van der Waals surface area contributed by atoms with Crippen molar-refractivity contribution >= 4 is 12.1 Å². The summed E-state index contributed by atoms with van der Waals surface area (Å²) < 4.78 is 0. The average molecular weight is 373 g/mol. The van der Waals surface area contributed by atoms with Crippen LogP contribution in [-0.2, 0) is 0 Å². The summed E-state index contributed by atoms with van der Waals surface area (Å²) in [4.78, 5) is 24.1. The number of urea groups is 2. The molecule has 152 valence electrons. The van der Waals surface area contributed by atoms with E-state index < -0.39 is 0 Å². The van der Waals surface area contributed by atoms with Gasteiger partial charge in [-0.15, -0.1) is 0 Å². The molecule has 4 amide bonds. The SMILES string of the molecule is O=C(NCCCCCO)N[C@H]1CCCC[C@@H]1NC(=O)NCCCCCO. The molecule has 1 rings (SSSR count). The smallest absolute Gasteiger partial charge is 0.315 e. The van der Waals surface area contributed by atoms with Gasteiger partial charge < -0.3 is 31.5 Å². The van der Waals surface area contributed by atoms with E-state index in [2.05, 4.69) is 21.3 Å². The predicted molar refractivity (Wildman–Crippen MR) is 101 cm³/mol. The van der Waals surface area contributed by atoms with Gasteiger partial charge in [-0.25, -0.2) is 9.59 Å². The zero-order valence-corrected chi connectivity index (χ0v) is 15.8. The Morgan fingerprint density at radius 1 is 0.692 bits per heavy atom. The van der Waals surface area contributed by atoms with Crippen molar-refractivity contribution in [2.24, 2.45) is 0 Å². The van der Waals surface area contributed by atoms with Crippen LogP contribution < -0.4 is 21.3 Å². The zero-order valence-electron chi connectivity index (χ0n) is 15.8. The third kappa shape index (κ3) is 10.5. The van der Waals surface area contributed by atoms with Gasteiger partial charge in [-0.1, -0.05) is 12.8 Å². The van der Waals surface area contributed by atoms with Crippen molar-refractivity contribution in [3.05, 3.63) is 0 Å². The molecule has 8 nitrogen and oxygen atoms in total. The monoisotopic (exact) mass is 372 g/mol. The van der Waals surface area contributed by atoms with E-state index >= 15 is 0 Å². The number of hydrogen-bond donors (Lipinski definition) is 6. The Bertz CT molecular complexity index is 359. The lowest BCUT2D eigenvalue weighted by Gasteiger charge is -2.32. The molecule has 1 fully saturated rings. The molecule has 0 unspecified atom stereocenters. The van der Waals surface area contributed by atoms with E-state index in [4.69, 9.17) is 10.2 Å². The summed E-state index contributed by atoms with van der Waals surface area (Å²) in [5.41, 5.74) is 0. The Labute approximate surface area is 156 Å². The van der Waals surface area contributed by atoms with Gasteiger partial charge in [-0.05, 0) is 51.4 Å². The highest BCUT2D eigenvalue weighted by Crippen LogP contribution is 2.18. The summed E-state index contributed by atoms with van der Waals surface area (Å²) in [6.07, 6.45) is 8.80. The van der Waals surface area contributed by atoms with Crippen molar-refractivity contribution in [1.82, 2.24) is 21.3 Å². The Balaban J connectivity index is 2.25. The lowest BCUT2D eigenvalue weighted by molar-refractivity contribution is 0.213. The predicted octanol–water partition coefficient (Wildman–Crippen LogP) is 1.22. The molecule has 1 aliphatic carbocycles. The van der Waals surface area contributed by atoms with Crippen LogP contribution in [0.25, 0.3) is 0 Å². The molecule has 0 bridgehead atoms. The molecule has 0 aromatic carbocycles. The summed E-state index contributed by atoms with van der Waals surface area (Å²) in [6.45, 7) is 1.55. The van der Waals surface area contributed by atoms with Crippen LogP contribution in [0.15, 0.2) is 0 Å². The second-order valence-corrected chi connectivity index (χ2v) is 6.87. The number of nitrogens with one attached hydrogen (secondary N) is 4. The van der Waals surface area contributed by atoms with Crippen LogP contribution in [0, 0.1) is 0 Å². The maximum Gasteiger partial charge on any atom is 0.315 e. The first-order valence-corrected chi connectivity index (χ1v) is 9.97. The second kappa shape index (κ2) is 14.6. The Kier molecular flexibility index (Phi) is 12.6. The standard InChI is InChI=1S/C18H36N4O4/c23-13-7-1-5-11-19-17(25)21-15-9-3-4-10-16(15)22-18(26)20-12-6-2-8-14-24/h15-16,23-24H,1-14H2,(H2,19,21,25)(H2,20,22,26)/t15-,16-/m0/s1. The maximum absolute atomic E-state index is 12.0. The maximum atomic E-state index is 12.0. The molecule has 0 aromatic heterocycles. The molecule has 0 saturated heterocycles.